The van der Waals surface area contributed by atoms with Gasteiger partial charge in [0.15, 0.2) is 0 Å². The Morgan fingerprint density at radius 3 is 2.41 bits per heavy atom. The molecule has 3 amide bonds. The van der Waals surface area contributed by atoms with E-state index >= 15 is 0 Å². The number of rotatable bonds is 4. The summed E-state index contributed by atoms with van der Waals surface area (Å²) >= 11 is 5.74. The van der Waals surface area contributed by atoms with Crippen LogP contribution in [0.1, 0.15) is 26.3 Å². The predicted molar refractivity (Wildman–Crippen MR) is 93.5 cm³/mol. The molecule has 3 rings (SSSR count). The molecule has 0 aromatic heterocycles. The number of fused-ring (bicyclic) bond motifs is 1. The molecule has 0 radical (unpaired) electrons. The number of nitrogens with zero attached hydrogens (tertiary/aromatic N) is 2. The van der Waals surface area contributed by atoms with Gasteiger partial charge in [-0.3, -0.25) is 29.4 Å². The Balaban J connectivity index is 1.87. The number of nitrogens with one attached hydrogen (secondary N) is 1. The van der Waals surface area contributed by atoms with Crippen molar-refractivity contribution in [3.8, 4) is 0 Å². The van der Waals surface area contributed by atoms with E-state index in [1.165, 1.54) is 12.1 Å². The highest BCUT2D eigenvalue weighted by Gasteiger charge is 2.42. The van der Waals surface area contributed by atoms with Crippen LogP contribution in [0.25, 0.3) is 0 Å². The molecule has 0 unspecified atom stereocenters. The Morgan fingerprint density at radius 1 is 1.14 bits per heavy atom. The van der Waals surface area contributed by atoms with E-state index in [1.807, 2.05) is 5.32 Å². The van der Waals surface area contributed by atoms with E-state index in [0.717, 1.165) is 18.2 Å². The maximum atomic E-state index is 13.1. The smallest absolute Gasteiger partial charge is 0.323 e. The first kappa shape index (κ1) is 20.3. The molecular weight excluding hydrogens is 419 g/mol. The SMILES string of the molecule is O=C(CN1C(=O)c2cccc([N+](=O)[O-])c2C1=O)Nc1c(Cl)cccc1C(F)(F)F. The Hall–Kier alpha value is -3.47. The summed E-state index contributed by atoms with van der Waals surface area (Å²) in [7, 11) is 0. The van der Waals surface area contributed by atoms with Gasteiger partial charge in [0.05, 0.1) is 26.8 Å². The first-order valence-electron chi connectivity index (χ1n) is 7.81. The van der Waals surface area contributed by atoms with Gasteiger partial charge in [0.1, 0.15) is 12.1 Å². The lowest BCUT2D eigenvalue weighted by Gasteiger charge is -2.17. The number of alkyl halides is 3. The van der Waals surface area contributed by atoms with Gasteiger partial charge in [0.2, 0.25) is 5.91 Å². The minimum absolute atomic E-state index is 0.272. The number of halogens is 4. The number of hydrogen-bond donors (Lipinski definition) is 1. The average Bonchev–Trinajstić information content (AvgIpc) is 2.87. The third kappa shape index (κ3) is 3.63. The number of anilines is 1. The van der Waals surface area contributed by atoms with Crippen LogP contribution in [0.3, 0.4) is 0 Å². The number of carbonyl (C=O) groups is 3. The zero-order valence-corrected chi connectivity index (χ0v) is 14.9. The first-order chi connectivity index (χ1) is 13.5. The monoisotopic (exact) mass is 427 g/mol. The summed E-state index contributed by atoms with van der Waals surface area (Å²) in [6.45, 7) is -0.952. The molecule has 1 aliphatic rings. The largest absolute Gasteiger partial charge is 0.418 e. The van der Waals surface area contributed by atoms with Crippen LogP contribution in [-0.4, -0.2) is 34.1 Å². The molecule has 2 aromatic carbocycles. The minimum atomic E-state index is -4.82. The van der Waals surface area contributed by atoms with Crippen LogP contribution < -0.4 is 5.32 Å². The molecule has 150 valence electrons. The second-order valence-corrected chi connectivity index (χ2v) is 6.27. The number of nitro benzene ring substituents is 1. The Morgan fingerprint density at radius 2 is 1.79 bits per heavy atom. The van der Waals surface area contributed by atoms with Crippen molar-refractivity contribution in [2.24, 2.45) is 0 Å². The van der Waals surface area contributed by atoms with Crippen LogP contribution in [0.2, 0.25) is 5.02 Å². The summed E-state index contributed by atoms with van der Waals surface area (Å²) in [4.78, 5) is 47.7. The molecule has 8 nitrogen and oxygen atoms in total. The van der Waals surface area contributed by atoms with E-state index < -0.39 is 62.9 Å². The molecule has 0 fully saturated rings. The van der Waals surface area contributed by atoms with Crippen LogP contribution >= 0.6 is 11.6 Å². The van der Waals surface area contributed by atoms with Crippen molar-refractivity contribution >= 4 is 40.7 Å². The van der Waals surface area contributed by atoms with Gasteiger partial charge < -0.3 is 5.32 Å². The number of para-hydroxylation sites is 1. The predicted octanol–water partition coefficient (Wildman–Crippen LogP) is 3.50. The normalized spacial score (nSPS) is 13.4. The molecule has 0 saturated heterocycles. The molecule has 1 aliphatic heterocycles. The van der Waals surface area contributed by atoms with Crippen molar-refractivity contribution in [1.29, 1.82) is 0 Å². The number of carbonyl (C=O) groups excluding carboxylic acids is 3. The molecule has 29 heavy (non-hydrogen) atoms. The molecule has 1 heterocycles. The lowest BCUT2D eigenvalue weighted by Crippen LogP contribution is -2.37. The van der Waals surface area contributed by atoms with Gasteiger partial charge in [0, 0.05) is 6.07 Å². The average molecular weight is 428 g/mol. The second kappa shape index (κ2) is 7.17. The van der Waals surface area contributed by atoms with E-state index in [0.29, 0.717) is 11.0 Å². The van der Waals surface area contributed by atoms with Crippen molar-refractivity contribution in [2.45, 2.75) is 6.18 Å². The summed E-state index contributed by atoms with van der Waals surface area (Å²) in [5.41, 5.74) is -3.31. The Bertz CT molecular complexity index is 1070. The number of imide groups is 1. The molecule has 0 saturated carbocycles. The van der Waals surface area contributed by atoms with Gasteiger partial charge in [-0.2, -0.15) is 13.2 Å². The zero-order chi connectivity index (χ0) is 21.5. The van der Waals surface area contributed by atoms with Crippen LogP contribution in [-0.2, 0) is 11.0 Å². The van der Waals surface area contributed by atoms with Crippen molar-refractivity contribution in [3.05, 3.63) is 68.2 Å². The Labute approximate surface area is 165 Å². The second-order valence-electron chi connectivity index (χ2n) is 5.86. The summed E-state index contributed by atoms with van der Waals surface area (Å²) < 4.78 is 39.3. The maximum absolute atomic E-state index is 13.1. The quantitative estimate of drug-likeness (QED) is 0.456. The minimum Gasteiger partial charge on any atom is -0.323 e. The first-order valence-corrected chi connectivity index (χ1v) is 8.19. The van der Waals surface area contributed by atoms with Gasteiger partial charge in [-0.05, 0) is 18.2 Å². The molecular formula is C17H9ClF3N3O5. The van der Waals surface area contributed by atoms with Gasteiger partial charge in [-0.25, -0.2) is 0 Å². The van der Waals surface area contributed by atoms with Crippen LogP contribution in [0.15, 0.2) is 36.4 Å². The van der Waals surface area contributed by atoms with E-state index in [1.54, 1.807) is 0 Å². The van der Waals surface area contributed by atoms with Gasteiger partial charge in [-0.15, -0.1) is 0 Å². The molecule has 1 N–H and O–H groups in total. The fraction of sp³-hybridized carbons (Fsp3) is 0.118. The van der Waals surface area contributed by atoms with Crippen molar-refractivity contribution in [3.63, 3.8) is 0 Å². The topological polar surface area (TPSA) is 110 Å². The molecule has 12 heteroatoms. The molecule has 0 bridgehead atoms. The van der Waals surface area contributed by atoms with Crippen molar-refractivity contribution in [2.75, 3.05) is 11.9 Å². The maximum Gasteiger partial charge on any atom is 0.418 e. The fourth-order valence-corrected chi connectivity index (χ4v) is 3.04. The highest BCUT2D eigenvalue weighted by atomic mass is 35.5. The van der Waals surface area contributed by atoms with E-state index in [2.05, 4.69) is 0 Å². The lowest BCUT2D eigenvalue weighted by molar-refractivity contribution is -0.385. The molecule has 2 aromatic rings. The van der Waals surface area contributed by atoms with Crippen LogP contribution in [0.5, 0.6) is 0 Å². The zero-order valence-electron chi connectivity index (χ0n) is 14.1. The molecule has 0 aliphatic carbocycles. The number of hydrogen-bond acceptors (Lipinski definition) is 5. The number of amides is 3. The van der Waals surface area contributed by atoms with Gasteiger partial charge >= 0.3 is 6.18 Å². The van der Waals surface area contributed by atoms with Crippen LogP contribution in [0, 0.1) is 10.1 Å². The van der Waals surface area contributed by atoms with Gasteiger partial charge in [-0.1, -0.05) is 23.7 Å². The molecule has 0 atom stereocenters. The summed E-state index contributed by atoms with van der Waals surface area (Å²) in [5, 5.41) is 12.6. The summed E-state index contributed by atoms with van der Waals surface area (Å²) in [6.07, 6.45) is -4.82. The fourth-order valence-electron chi connectivity index (χ4n) is 2.82. The third-order valence-electron chi connectivity index (χ3n) is 4.06. The number of nitro groups is 1. The summed E-state index contributed by atoms with van der Waals surface area (Å²) in [5.74, 6) is -3.21. The summed E-state index contributed by atoms with van der Waals surface area (Å²) in [6, 6.07) is 6.27. The highest BCUT2D eigenvalue weighted by molar-refractivity contribution is 6.34. The molecule has 0 spiro atoms. The van der Waals surface area contributed by atoms with E-state index in [4.69, 9.17) is 11.6 Å². The van der Waals surface area contributed by atoms with E-state index in [9.17, 15) is 37.7 Å². The van der Waals surface area contributed by atoms with Crippen molar-refractivity contribution in [1.82, 2.24) is 4.90 Å². The highest BCUT2D eigenvalue weighted by Crippen LogP contribution is 2.38. The standard InChI is InChI=1S/C17H9ClF3N3O5/c18-10-5-2-4-9(17(19,20)21)14(10)22-12(25)7-23-15(26)8-3-1-6-11(24(28)29)13(8)16(23)27/h1-6H,7H2,(H,22,25). The third-order valence-corrected chi connectivity index (χ3v) is 4.37. The lowest BCUT2D eigenvalue weighted by atomic mass is 10.1. The van der Waals surface area contributed by atoms with Gasteiger partial charge in [0.25, 0.3) is 17.5 Å². The van der Waals surface area contributed by atoms with Crippen molar-refractivity contribution < 1.29 is 32.5 Å². The Kier molecular flexibility index (Phi) is 5.01. The van der Waals surface area contributed by atoms with Crippen LogP contribution in [0.4, 0.5) is 24.5 Å². The van der Waals surface area contributed by atoms with E-state index in [-0.39, 0.29) is 5.56 Å². The number of benzene rings is 2.